The maximum atomic E-state index is 11.4. The van der Waals surface area contributed by atoms with E-state index < -0.39 is 0 Å². The fourth-order valence-electron chi connectivity index (χ4n) is 1.49. The fraction of sp³-hybridized carbons (Fsp3) is 0.167. The standard InChI is InChI=1S/C12H13N3O2/c1-9-10(12(16)17-2)5-6-11(13-9)14-15-7-3-4-8-15/h3-8H,1-2H3,(H,13,14). The second-order valence-electron chi connectivity index (χ2n) is 3.52. The number of anilines is 1. The number of carbonyl (C=O) groups excluding carboxylic acids is 1. The Labute approximate surface area is 99.0 Å². The first-order chi connectivity index (χ1) is 8.20. The Morgan fingerprint density at radius 3 is 2.65 bits per heavy atom. The van der Waals surface area contributed by atoms with Gasteiger partial charge in [0.25, 0.3) is 0 Å². The highest BCUT2D eigenvalue weighted by Crippen LogP contribution is 2.11. The largest absolute Gasteiger partial charge is 0.465 e. The number of methoxy groups -OCH3 is 1. The van der Waals surface area contributed by atoms with Crippen LogP contribution in [0, 0.1) is 6.92 Å². The lowest BCUT2D eigenvalue weighted by atomic mass is 10.2. The van der Waals surface area contributed by atoms with E-state index >= 15 is 0 Å². The molecule has 1 N–H and O–H groups in total. The van der Waals surface area contributed by atoms with Gasteiger partial charge in [0.15, 0.2) is 0 Å². The van der Waals surface area contributed by atoms with E-state index in [-0.39, 0.29) is 5.97 Å². The first-order valence-electron chi connectivity index (χ1n) is 5.16. The van der Waals surface area contributed by atoms with E-state index in [1.165, 1.54) is 7.11 Å². The van der Waals surface area contributed by atoms with Crippen molar-refractivity contribution in [1.29, 1.82) is 0 Å². The van der Waals surface area contributed by atoms with Gasteiger partial charge < -0.3 is 4.74 Å². The van der Waals surface area contributed by atoms with Gasteiger partial charge in [-0.3, -0.25) is 10.1 Å². The van der Waals surface area contributed by atoms with E-state index in [9.17, 15) is 4.79 Å². The average Bonchev–Trinajstić information content (AvgIpc) is 2.81. The molecule has 2 heterocycles. The lowest BCUT2D eigenvalue weighted by molar-refractivity contribution is 0.0599. The quantitative estimate of drug-likeness (QED) is 0.819. The molecule has 0 aliphatic carbocycles. The first kappa shape index (κ1) is 11.2. The Kier molecular flexibility index (Phi) is 3.09. The van der Waals surface area contributed by atoms with Crippen LogP contribution in [0.3, 0.4) is 0 Å². The number of ether oxygens (including phenoxy) is 1. The lowest BCUT2D eigenvalue weighted by Gasteiger charge is -2.09. The molecule has 2 rings (SSSR count). The molecule has 17 heavy (non-hydrogen) atoms. The minimum atomic E-state index is -0.373. The zero-order chi connectivity index (χ0) is 12.3. The number of hydrogen-bond donors (Lipinski definition) is 1. The topological polar surface area (TPSA) is 56.1 Å². The molecule has 0 saturated carbocycles. The van der Waals surface area contributed by atoms with Gasteiger partial charge in [-0.1, -0.05) is 0 Å². The number of carbonyl (C=O) groups is 1. The van der Waals surface area contributed by atoms with E-state index in [2.05, 4.69) is 15.1 Å². The molecule has 5 heteroatoms. The minimum Gasteiger partial charge on any atom is -0.465 e. The molecule has 0 atom stereocenters. The van der Waals surface area contributed by atoms with E-state index in [0.717, 1.165) is 0 Å². The number of hydrogen-bond acceptors (Lipinski definition) is 4. The van der Waals surface area contributed by atoms with Gasteiger partial charge in [0.05, 0.1) is 18.4 Å². The number of pyridine rings is 1. The second kappa shape index (κ2) is 4.69. The highest BCUT2D eigenvalue weighted by atomic mass is 16.5. The molecule has 0 unspecified atom stereocenters. The maximum Gasteiger partial charge on any atom is 0.339 e. The van der Waals surface area contributed by atoms with Crippen molar-refractivity contribution in [3.05, 3.63) is 47.9 Å². The summed E-state index contributed by atoms with van der Waals surface area (Å²) in [6.07, 6.45) is 3.73. The number of esters is 1. The number of aromatic nitrogens is 2. The van der Waals surface area contributed by atoms with Crippen molar-refractivity contribution in [2.45, 2.75) is 6.92 Å². The van der Waals surface area contributed by atoms with Gasteiger partial charge in [-0.05, 0) is 31.2 Å². The number of nitrogens with zero attached hydrogens (tertiary/aromatic N) is 2. The van der Waals surface area contributed by atoms with E-state index in [4.69, 9.17) is 0 Å². The molecule has 0 radical (unpaired) electrons. The summed E-state index contributed by atoms with van der Waals surface area (Å²) in [4.78, 5) is 15.7. The van der Waals surface area contributed by atoms with E-state index in [1.807, 2.05) is 24.5 Å². The summed E-state index contributed by atoms with van der Waals surface area (Å²) in [6, 6.07) is 7.24. The molecule has 0 aliphatic heterocycles. The summed E-state index contributed by atoms with van der Waals surface area (Å²) < 4.78 is 6.44. The van der Waals surface area contributed by atoms with Gasteiger partial charge in [0, 0.05) is 12.4 Å². The summed E-state index contributed by atoms with van der Waals surface area (Å²) >= 11 is 0. The zero-order valence-corrected chi connectivity index (χ0v) is 9.68. The second-order valence-corrected chi connectivity index (χ2v) is 3.52. The third kappa shape index (κ3) is 2.44. The van der Waals surface area contributed by atoms with Gasteiger partial charge in [-0.25, -0.2) is 9.78 Å². The first-order valence-corrected chi connectivity index (χ1v) is 5.16. The van der Waals surface area contributed by atoms with Crippen LogP contribution in [0.1, 0.15) is 16.1 Å². The molecular formula is C12H13N3O2. The van der Waals surface area contributed by atoms with Crippen LogP contribution in [0.2, 0.25) is 0 Å². The average molecular weight is 231 g/mol. The molecule has 88 valence electrons. The third-order valence-electron chi connectivity index (χ3n) is 2.34. The Bertz CT molecular complexity index is 521. The lowest BCUT2D eigenvalue weighted by Crippen LogP contribution is -2.10. The highest BCUT2D eigenvalue weighted by Gasteiger charge is 2.10. The number of rotatable bonds is 3. The molecule has 0 aliphatic rings. The Morgan fingerprint density at radius 2 is 2.06 bits per heavy atom. The molecule has 0 saturated heterocycles. The molecule has 0 fully saturated rings. The van der Waals surface area contributed by atoms with Crippen molar-refractivity contribution in [3.8, 4) is 0 Å². The van der Waals surface area contributed by atoms with Crippen LogP contribution in [-0.2, 0) is 4.74 Å². The van der Waals surface area contributed by atoms with Crippen LogP contribution in [0.25, 0.3) is 0 Å². The Balaban J connectivity index is 2.22. The maximum absolute atomic E-state index is 11.4. The summed E-state index contributed by atoms with van der Waals surface area (Å²) in [6.45, 7) is 1.77. The molecular weight excluding hydrogens is 218 g/mol. The van der Waals surface area contributed by atoms with Gasteiger partial charge >= 0.3 is 5.97 Å². The Hall–Kier alpha value is -2.30. The van der Waals surface area contributed by atoms with Crippen LogP contribution in [0.5, 0.6) is 0 Å². The van der Waals surface area contributed by atoms with Crippen LogP contribution in [0.15, 0.2) is 36.7 Å². The molecule has 0 aromatic carbocycles. The monoisotopic (exact) mass is 231 g/mol. The third-order valence-corrected chi connectivity index (χ3v) is 2.34. The van der Waals surface area contributed by atoms with E-state index in [1.54, 1.807) is 23.7 Å². The summed E-state index contributed by atoms with van der Waals surface area (Å²) in [5.41, 5.74) is 4.17. The van der Waals surface area contributed by atoms with Crippen molar-refractivity contribution >= 4 is 11.8 Å². The van der Waals surface area contributed by atoms with Crippen LogP contribution in [0.4, 0.5) is 5.82 Å². The fourth-order valence-corrected chi connectivity index (χ4v) is 1.49. The normalized spacial score (nSPS) is 10.0. The molecule has 5 nitrogen and oxygen atoms in total. The van der Waals surface area contributed by atoms with Crippen molar-refractivity contribution in [2.24, 2.45) is 0 Å². The zero-order valence-electron chi connectivity index (χ0n) is 9.68. The van der Waals surface area contributed by atoms with Crippen molar-refractivity contribution < 1.29 is 9.53 Å². The molecule has 0 bridgehead atoms. The summed E-state index contributed by atoms with van der Waals surface area (Å²) in [5, 5.41) is 0. The van der Waals surface area contributed by atoms with Crippen molar-refractivity contribution in [1.82, 2.24) is 9.66 Å². The highest BCUT2D eigenvalue weighted by molar-refractivity contribution is 5.90. The Morgan fingerprint density at radius 1 is 1.35 bits per heavy atom. The van der Waals surface area contributed by atoms with Crippen LogP contribution >= 0.6 is 0 Å². The van der Waals surface area contributed by atoms with E-state index in [0.29, 0.717) is 17.1 Å². The molecule has 2 aromatic heterocycles. The molecule has 2 aromatic rings. The van der Waals surface area contributed by atoms with Gasteiger partial charge in [0.1, 0.15) is 5.82 Å². The van der Waals surface area contributed by atoms with Crippen LogP contribution in [-0.4, -0.2) is 22.7 Å². The van der Waals surface area contributed by atoms with Crippen LogP contribution < -0.4 is 5.43 Å². The molecule has 0 spiro atoms. The van der Waals surface area contributed by atoms with Gasteiger partial charge in [-0.2, -0.15) is 0 Å². The summed E-state index contributed by atoms with van der Waals surface area (Å²) in [7, 11) is 1.35. The van der Waals surface area contributed by atoms with Gasteiger partial charge in [0.2, 0.25) is 0 Å². The van der Waals surface area contributed by atoms with Crippen molar-refractivity contribution in [3.63, 3.8) is 0 Å². The van der Waals surface area contributed by atoms with Crippen molar-refractivity contribution in [2.75, 3.05) is 12.5 Å². The predicted molar refractivity (Wildman–Crippen MR) is 63.8 cm³/mol. The predicted octanol–water partition coefficient (Wildman–Crippen LogP) is 1.85. The summed E-state index contributed by atoms with van der Waals surface area (Å²) in [5.74, 6) is 0.300. The minimum absolute atomic E-state index is 0.373. The SMILES string of the molecule is COC(=O)c1ccc(Nn2cccc2)nc1C. The number of aryl methyl sites for hydroxylation is 1. The smallest absolute Gasteiger partial charge is 0.339 e. The molecule has 0 amide bonds. The van der Waals surface area contributed by atoms with Gasteiger partial charge in [-0.15, -0.1) is 0 Å². The number of nitrogens with one attached hydrogen (secondary N) is 1.